The number of nitrogens with zero attached hydrogens (tertiary/aromatic N) is 2. The number of carbonyl (C=O) groups excluding carboxylic acids is 2. The molecule has 1 saturated carbocycles. The first-order valence-corrected chi connectivity index (χ1v) is 17.6. The molecule has 2 amide bonds. The molecule has 4 aromatic carbocycles. The van der Waals surface area contributed by atoms with E-state index >= 15 is 0 Å². The summed E-state index contributed by atoms with van der Waals surface area (Å²) in [5.41, 5.74) is 1.81. The van der Waals surface area contributed by atoms with Gasteiger partial charge in [-0.3, -0.25) is 13.9 Å². The second-order valence-corrected chi connectivity index (χ2v) is 14.5. The number of hydrogen-bond donors (Lipinski definition) is 1. The number of sulfonamides is 1. The molecule has 4 aromatic rings. The van der Waals surface area contributed by atoms with E-state index in [2.05, 4.69) is 5.32 Å². The van der Waals surface area contributed by atoms with E-state index in [-0.39, 0.29) is 35.5 Å². The zero-order chi connectivity index (χ0) is 32.7. The van der Waals surface area contributed by atoms with E-state index in [1.54, 1.807) is 42.5 Å². The van der Waals surface area contributed by atoms with Crippen molar-refractivity contribution in [1.29, 1.82) is 0 Å². The molecule has 1 atom stereocenters. The summed E-state index contributed by atoms with van der Waals surface area (Å²) < 4.78 is 29.2. The molecule has 0 radical (unpaired) electrons. The van der Waals surface area contributed by atoms with Crippen LogP contribution in [0.1, 0.15) is 36.8 Å². The molecule has 0 aromatic heterocycles. The molecule has 7 nitrogen and oxygen atoms in total. The standard InChI is InChI=1S/C35H34Cl3N3O4S/c36-27-15-13-26(14-16-27)23-40(33(21-25-7-2-1-3-8-25)35(43)39-30-10-4-5-11-30)34(42)24-41(31-12-6-9-29(38)22-31)46(44,45)32-19-17-28(37)18-20-32/h1-3,6-9,12-20,22,30,33H,4-5,10-11,21,23-24H2,(H,39,43)/t33-/m1/s1. The number of hydrogen-bond acceptors (Lipinski definition) is 4. The lowest BCUT2D eigenvalue weighted by molar-refractivity contribution is -0.140. The third kappa shape index (κ3) is 8.62. The Morgan fingerprint density at radius 1 is 0.761 bits per heavy atom. The Hall–Kier alpha value is -3.56. The van der Waals surface area contributed by atoms with Crippen LogP contribution in [-0.2, 0) is 32.6 Å². The molecule has 0 unspecified atom stereocenters. The van der Waals surface area contributed by atoms with Crippen molar-refractivity contribution in [3.63, 3.8) is 0 Å². The van der Waals surface area contributed by atoms with E-state index in [9.17, 15) is 18.0 Å². The highest BCUT2D eigenvalue weighted by molar-refractivity contribution is 7.92. The highest BCUT2D eigenvalue weighted by atomic mass is 35.5. The second kappa shape index (κ2) is 15.4. The zero-order valence-corrected chi connectivity index (χ0v) is 28.1. The molecule has 240 valence electrons. The van der Waals surface area contributed by atoms with Crippen LogP contribution in [-0.4, -0.2) is 43.8 Å². The van der Waals surface area contributed by atoms with Gasteiger partial charge in [0.15, 0.2) is 0 Å². The normalized spacial score (nSPS) is 14.1. The fourth-order valence-electron chi connectivity index (χ4n) is 5.60. The Morgan fingerprint density at radius 2 is 1.39 bits per heavy atom. The van der Waals surface area contributed by atoms with Crippen LogP contribution in [0.5, 0.6) is 0 Å². The fraction of sp³-hybridized carbons (Fsp3) is 0.257. The van der Waals surface area contributed by atoms with Crippen LogP contribution in [0.4, 0.5) is 5.69 Å². The Labute approximate surface area is 285 Å². The van der Waals surface area contributed by atoms with Crippen LogP contribution in [0.25, 0.3) is 0 Å². The highest BCUT2D eigenvalue weighted by Crippen LogP contribution is 2.28. The van der Waals surface area contributed by atoms with Gasteiger partial charge in [0.25, 0.3) is 10.0 Å². The molecule has 0 aliphatic heterocycles. The minimum absolute atomic E-state index is 0.0199. The van der Waals surface area contributed by atoms with Crippen molar-refractivity contribution in [3.05, 3.63) is 129 Å². The molecule has 0 heterocycles. The minimum Gasteiger partial charge on any atom is -0.352 e. The third-order valence-electron chi connectivity index (χ3n) is 8.02. The van der Waals surface area contributed by atoms with Crippen LogP contribution in [0.3, 0.4) is 0 Å². The Morgan fingerprint density at radius 3 is 2.02 bits per heavy atom. The van der Waals surface area contributed by atoms with Gasteiger partial charge in [0.2, 0.25) is 11.8 Å². The average molecular weight is 699 g/mol. The molecule has 46 heavy (non-hydrogen) atoms. The Bertz CT molecular complexity index is 1750. The lowest BCUT2D eigenvalue weighted by atomic mass is 10.0. The molecule has 0 saturated heterocycles. The number of amides is 2. The van der Waals surface area contributed by atoms with E-state index in [0.29, 0.717) is 15.1 Å². The van der Waals surface area contributed by atoms with Gasteiger partial charge in [0, 0.05) is 34.1 Å². The van der Waals surface area contributed by atoms with E-state index in [1.807, 2.05) is 30.3 Å². The van der Waals surface area contributed by atoms with Gasteiger partial charge in [0.1, 0.15) is 12.6 Å². The predicted octanol–water partition coefficient (Wildman–Crippen LogP) is 7.54. The lowest BCUT2D eigenvalue weighted by Crippen LogP contribution is -2.54. The van der Waals surface area contributed by atoms with Crippen molar-refractivity contribution < 1.29 is 18.0 Å². The molecule has 1 N–H and O–H groups in total. The van der Waals surface area contributed by atoms with Gasteiger partial charge in [-0.05, 0) is 78.6 Å². The van der Waals surface area contributed by atoms with Crippen molar-refractivity contribution in [2.45, 2.75) is 55.6 Å². The average Bonchev–Trinajstić information content (AvgIpc) is 3.56. The molecule has 11 heteroatoms. The first-order chi connectivity index (χ1) is 22.1. The van der Waals surface area contributed by atoms with E-state index in [0.717, 1.165) is 41.1 Å². The summed E-state index contributed by atoms with van der Waals surface area (Å²) in [5.74, 6) is -0.845. The van der Waals surface area contributed by atoms with Crippen LogP contribution >= 0.6 is 34.8 Å². The van der Waals surface area contributed by atoms with E-state index in [4.69, 9.17) is 34.8 Å². The van der Waals surface area contributed by atoms with Gasteiger partial charge in [-0.25, -0.2) is 8.42 Å². The van der Waals surface area contributed by atoms with Gasteiger partial charge >= 0.3 is 0 Å². The SMILES string of the molecule is O=C(NC1CCCC1)[C@@H](Cc1ccccc1)N(Cc1ccc(Cl)cc1)C(=O)CN(c1cccc(Cl)c1)S(=O)(=O)c1ccc(Cl)cc1. The number of benzene rings is 4. The minimum atomic E-state index is -4.27. The van der Waals surface area contributed by atoms with Crippen LogP contribution in [0.15, 0.2) is 108 Å². The maximum atomic E-state index is 14.5. The second-order valence-electron chi connectivity index (χ2n) is 11.3. The van der Waals surface area contributed by atoms with E-state index < -0.39 is 28.5 Å². The summed E-state index contributed by atoms with van der Waals surface area (Å²) in [6.07, 6.45) is 4.03. The predicted molar refractivity (Wildman–Crippen MR) is 184 cm³/mol. The van der Waals surface area contributed by atoms with Gasteiger partial charge < -0.3 is 10.2 Å². The highest BCUT2D eigenvalue weighted by Gasteiger charge is 2.35. The van der Waals surface area contributed by atoms with Crippen molar-refractivity contribution >= 4 is 62.3 Å². The fourth-order valence-corrected chi connectivity index (χ4v) is 7.44. The lowest BCUT2D eigenvalue weighted by Gasteiger charge is -2.34. The third-order valence-corrected chi connectivity index (χ3v) is 10.5. The monoisotopic (exact) mass is 697 g/mol. The van der Waals surface area contributed by atoms with E-state index in [1.165, 1.54) is 35.2 Å². The van der Waals surface area contributed by atoms with Crippen LogP contribution in [0.2, 0.25) is 15.1 Å². The molecule has 1 aliphatic rings. The van der Waals surface area contributed by atoms with Gasteiger partial charge in [-0.2, -0.15) is 0 Å². The number of carbonyl (C=O) groups is 2. The number of rotatable bonds is 12. The Balaban J connectivity index is 1.56. The summed E-state index contributed by atoms with van der Waals surface area (Å²) in [6.45, 7) is -0.531. The summed E-state index contributed by atoms with van der Waals surface area (Å²) in [6, 6.07) is 27.6. The molecule has 5 rings (SSSR count). The van der Waals surface area contributed by atoms with Gasteiger partial charge in [0.05, 0.1) is 10.6 Å². The maximum absolute atomic E-state index is 14.5. The molecular formula is C35H34Cl3N3O4S. The van der Waals surface area contributed by atoms with Crippen LogP contribution in [0, 0.1) is 0 Å². The summed E-state index contributed by atoms with van der Waals surface area (Å²) in [7, 11) is -4.27. The van der Waals surface area contributed by atoms with Crippen LogP contribution < -0.4 is 9.62 Å². The summed E-state index contributed by atoms with van der Waals surface area (Å²) >= 11 is 18.5. The number of nitrogens with one attached hydrogen (secondary N) is 1. The van der Waals surface area contributed by atoms with Crippen molar-refractivity contribution in [3.8, 4) is 0 Å². The number of anilines is 1. The molecule has 1 aliphatic carbocycles. The quantitative estimate of drug-likeness (QED) is 0.166. The summed E-state index contributed by atoms with van der Waals surface area (Å²) in [4.78, 5) is 30.0. The van der Waals surface area contributed by atoms with Crippen molar-refractivity contribution in [1.82, 2.24) is 10.2 Å². The van der Waals surface area contributed by atoms with Crippen molar-refractivity contribution in [2.75, 3.05) is 10.8 Å². The molecule has 1 fully saturated rings. The zero-order valence-electron chi connectivity index (χ0n) is 25.0. The molecule has 0 spiro atoms. The van der Waals surface area contributed by atoms with Gasteiger partial charge in [-0.1, -0.05) is 96.2 Å². The topological polar surface area (TPSA) is 86.8 Å². The molecule has 0 bridgehead atoms. The smallest absolute Gasteiger partial charge is 0.264 e. The number of halogens is 3. The van der Waals surface area contributed by atoms with Crippen molar-refractivity contribution in [2.24, 2.45) is 0 Å². The van der Waals surface area contributed by atoms with Gasteiger partial charge in [-0.15, -0.1) is 0 Å². The maximum Gasteiger partial charge on any atom is 0.264 e. The molecular weight excluding hydrogens is 665 g/mol. The first kappa shape index (κ1) is 33.8. The summed E-state index contributed by atoms with van der Waals surface area (Å²) in [5, 5.41) is 4.37. The Kier molecular flexibility index (Phi) is 11.3. The largest absolute Gasteiger partial charge is 0.352 e. The first-order valence-electron chi connectivity index (χ1n) is 15.0.